The van der Waals surface area contributed by atoms with Crippen LogP contribution < -0.4 is 5.32 Å². The Kier molecular flexibility index (Phi) is 4.84. The summed E-state index contributed by atoms with van der Waals surface area (Å²) in [7, 11) is 0. The van der Waals surface area contributed by atoms with E-state index in [0.717, 1.165) is 24.3 Å². The van der Waals surface area contributed by atoms with E-state index in [-0.39, 0.29) is 16.2 Å². The van der Waals surface area contributed by atoms with Gasteiger partial charge in [0.1, 0.15) is 11.6 Å². The van der Waals surface area contributed by atoms with Gasteiger partial charge in [-0.15, -0.1) is 0 Å². The molecule has 0 saturated heterocycles. The quantitative estimate of drug-likeness (QED) is 0.786. The first-order valence-electron chi connectivity index (χ1n) is 6.09. The molecule has 1 aromatic rings. The molecule has 0 aliphatic carbocycles. The number of nitrogens with zero attached hydrogens (tertiary/aromatic N) is 1. The molecule has 1 heterocycles. The summed E-state index contributed by atoms with van der Waals surface area (Å²) >= 11 is 4.49. The van der Waals surface area contributed by atoms with Crippen molar-refractivity contribution in [3.63, 3.8) is 0 Å². The predicted octanol–water partition coefficient (Wildman–Crippen LogP) is 4.66. The average Bonchev–Trinajstić information content (AvgIpc) is 2.36. The van der Waals surface area contributed by atoms with Gasteiger partial charge in [0, 0.05) is 11.8 Å². The lowest BCUT2D eigenvalue weighted by molar-refractivity contribution is 0.485. The molecule has 1 aliphatic heterocycles. The fourth-order valence-corrected chi connectivity index (χ4v) is 3.07. The fourth-order valence-electron chi connectivity index (χ4n) is 1.81. The largest absolute Gasteiger partial charge is 0.332 e. The van der Waals surface area contributed by atoms with Crippen LogP contribution in [-0.4, -0.2) is 17.0 Å². The Bertz CT molecular complexity index is 506. The summed E-state index contributed by atoms with van der Waals surface area (Å²) in [5.41, 5.74) is 0.122. The zero-order chi connectivity index (χ0) is 14.0. The van der Waals surface area contributed by atoms with Gasteiger partial charge in [-0.3, -0.25) is 4.99 Å². The Hall–Kier alpha value is -0.620. The number of benzene rings is 1. The zero-order valence-electron chi connectivity index (χ0n) is 10.7. The van der Waals surface area contributed by atoms with Crippen molar-refractivity contribution < 1.29 is 8.78 Å². The molecule has 0 bridgehead atoms. The summed E-state index contributed by atoms with van der Waals surface area (Å²) in [6, 6.07) is 2.50. The van der Waals surface area contributed by atoms with Gasteiger partial charge in [-0.05, 0) is 34.3 Å². The van der Waals surface area contributed by atoms with Crippen molar-refractivity contribution in [1.29, 1.82) is 0 Å². The molecular weight excluding hydrogens is 334 g/mol. The third-order valence-electron chi connectivity index (χ3n) is 2.96. The first-order chi connectivity index (χ1) is 8.97. The van der Waals surface area contributed by atoms with Crippen molar-refractivity contribution in [3.8, 4) is 0 Å². The molecule has 104 valence electrons. The molecule has 1 unspecified atom stereocenters. The highest BCUT2D eigenvalue weighted by Crippen LogP contribution is 2.27. The summed E-state index contributed by atoms with van der Waals surface area (Å²) in [6.07, 6.45) is 1.02. The second-order valence-electron chi connectivity index (χ2n) is 4.75. The highest BCUT2D eigenvalue weighted by molar-refractivity contribution is 9.10. The number of anilines is 1. The highest BCUT2D eigenvalue weighted by Gasteiger charge is 2.19. The first kappa shape index (κ1) is 14.8. The van der Waals surface area contributed by atoms with Gasteiger partial charge in [0.15, 0.2) is 5.17 Å². The van der Waals surface area contributed by atoms with E-state index in [1.807, 2.05) is 0 Å². The summed E-state index contributed by atoms with van der Waals surface area (Å²) < 4.78 is 27.3. The van der Waals surface area contributed by atoms with Crippen LogP contribution in [0, 0.1) is 17.6 Å². The molecule has 2 nitrogen and oxygen atoms in total. The van der Waals surface area contributed by atoms with Crippen molar-refractivity contribution in [2.24, 2.45) is 10.9 Å². The highest BCUT2D eigenvalue weighted by atomic mass is 79.9. The minimum Gasteiger partial charge on any atom is -0.332 e. The maximum Gasteiger partial charge on any atom is 0.161 e. The lowest BCUT2D eigenvalue weighted by Gasteiger charge is -2.23. The van der Waals surface area contributed by atoms with Gasteiger partial charge in [-0.1, -0.05) is 25.6 Å². The maximum atomic E-state index is 13.7. The van der Waals surface area contributed by atoms with E-state index < -0.39 is 11.6 Å². The normalized spacial score (nSPS) is 19.5. The van der Waals surface area contributed by atoms with Crippen LogP contribution in [0.1, 0.15) is 20.3 Å². The molecule has 1 aromatic carbocycles. The Morgan fingerprint density at radius 1 is 1.37 bits per heavy atom. The number of rotatable bonds is 2. The van der Waals surface area contributed by atoms with Crippen molar-refractivity contribution in [2.75, 3.05) is 11.1 Å². The Balaban J connectivity index is 2.19. The van der Waals surface area contributed by atoms with Crippen LogP contribution in [0.3, 0.4) is 0 Å². The van der Waals surface area contributed by atoms with Gasteiger partial charge in [-0.25, -0.2) is 8.78 Å². The lowest BCUT2D eigenvalue weighted by Crippen LogP contribution is -2.24. The van der Waals surface area contributed by atoms with E-state index in [2.05, 4.69) is 40.1 Å². The van der Waals surface area contributed by atoms with Crippen molar-refractivity contribution in [1.82, 2.24) is 0 Å². The molecule has 0 fully saturated rings. The summed E-state index contributed by atoms with van der Waals surface area (Å²) in [4.78, 5) is 4.54. The van der Waals surface area contributed by atoms with Crippen LogP contribution in [-0.2, 0) is 0 Å². The van der Waals surface area contributed by atoms with Gasteiger partial charge in [0.05, 0.1) is 16.2 Å². The summed E-state index contributed by atoms with van der Waals surface area (Å²) in [6.45, 7) is 4.23. The summed E-state index contributed by atoms with van der Waals surface area (Å²) in [5.74, 6) is 0.396. The van der Waals surface area contributed by atoms with Crippen molar-refractivity contribution >= 4 is 38.5 Å². The number of nitrogens with one attached hydrogen (secondary N) is 1. The van der Waals surface area contributed by atoms with Crippen LogP contribution in [0.15, 0.2) is 21.6 Å². The third-order valence-corrected chi connectivity index (χ3v) is 4.49. The molecular formula is C13H15BrF2N2S. The number of aliphatic imine (C=N–C) groups is 1. The number of hydrogen-bond donors (Lipinski definition) is 1. The molecule has 0 spiro atoms. The lowest BCUT2D eigenvalue weighted by atomic mass is 10.0. The second-order valence-corrected chi connectivity index (χ2v) is 6.69. The Labute approximate surface area is 124 Å². The van der Waals surface area contributed by atoms with Crippen LogP contribution >= 0.6 is 27.7 Å². The molecule has 0 amide bonds. The smallest absolute Gasteiger partial charge is 0.161 e. The molecule has 1 atom stereocenters. The Morgan fingerprint density at radius 2 is 2.11 bits per heavy atom. The maximum absolute atomic E-state index is 13.7. The number of halogens is 3. The van der Waals surface area contributed by atoms with E-state index in [0.29, 0.717) is 11.1 Å². The molecule has 6 heteroatoms. The van der Waals surface area contributed by atoms with Gasteiger partial charge in [0.25, 0.3) is 0 Å². The predicted molar refractivity (Wildman–Crippen MR) is 80.8 cm³/mol. The van der Waals surface area contributed by atoms with E-state index >= 15 is 0 Å². The minimum absolute atomic E-state index is 0.119. The van der Waals surface area contributed by atoms with E-state index in [4.69, 9.17) is 0 Å². The van der Waals surface area contributed by atoms with Crippen LogP contribution in [0.5, 0.6) is 0 Å². The van der Waals surface area contributed by atoms with E-state index in [1.165, 1.54) is 11.8 Å². The van der Waals surface area contributed by atoms with E-state index in [9.17, 15) is 8.78 Å². The topological polar surface area (TPSA) is 24.4 Å². The first-order valence-corrected chi connectivity index (χ1v) is 7.87. The van der Waals surface area contributed by atoms with Crippen LogP contribution in [0.4, 0.5) is 14.5 Å². The molecule has 1 aliphatic rings. The zero-order valence-corrected chi connectivity index (χ0v) is 13.1. The SMILES string of the molecule is CC(C)C1CCSC(Nc2cc(F)c(Br)cc2F)=N1. The molecule has 0 radical (unpaired) electrons. The number of amidine groups is 1. The van der Waals surface area contributed by atoms with Gasteiger partial charge in [-0.2, -0.15) is 0 Å². The Morgan fingerprint density at radius 3 is 2.79 bits per heavy atom. The van der Waals surface area contributed by atoms with Gasteiger partial charge >= 0.3 is 0 Å². The molecule has 0 saturated carbocycles. The van der Waals surface area contributed by atoms with Crippen LogP contribution in [0.25, 0.3) is 0 Å². The van der Waals surface area contributed by atoms with E-state index in [1.54, 1.807) is 0 Å². The number of thioether (sulfide) groups is 1. The molecule has 2 rings (SSSR count). The second kappa shape index (κ2) is 6.22. The summed E-state index contributed by atoms with van der Waals surface area (Å²) in [5, 5.41) is 3.54. The van der Waals surface area contributed by atoms with Crippen molar-refractivity contribution in [3.05, 3.63) is 28.2 Å². The van der Waals surface area contributed by atoms with Crippen LogP contribution in [0.2, 0.25) is 0 Å². The molecule has 1 N–H and O–H groups in total. The monoisotopic (exact) mass is 348 g/mol. The average molecular weight is 349 g/mol. The molecule has 0 aromatic heterocycles. The number of hydrogen-bond acceptors (Lipinski definition) is 3. The third kappa shape index (κ3) is 3.69. The van der Waals surface area contributed by atoms with Crippen molar-refractivity contribution in [2.45, 2.75) is 26.3 Å². The fraction of sp³-hybridized carbons (Fsp3) is 0.462. The van der Waals surface area contributed by atoms with Gasteiger partial charge in [0.2, 0.25) is 0 Å². The molecule has 19 heavy (non-hydrogen) atoms. The standard InChI is InChI=1S/C13H15BrF2N2S/c1-7(2)11-3-4-19-13(17-11)18-12-6-9(15)8(14)5-10(12)16/h5-7,11H,3-4H2,1-2H3,(H,17,18). The minimum atomic E-state index is -0.497. The van der Waals surface area contributed by atoms with Gasteiger partial charge < -0.3 is 5.32 Å².